The fourth-order valence-corrected chi connectivity index (χ4v) is 4.11. The zero-order chi connectivity index (χ0) is 19.4. The minimum absolute atomic E-state index is 0.185. The van der Waals surface area contributed by atoms with Crippen molar-refractivity contribution in [2.45, 2.75) is 38.1 Å². The minimum Gasteiger partial charge on any atom is -0.343 e. The van der Waals surface area contributed by atoms with Gasteiger partial charge in [-0.25, -0.2) is 8.42 Å². The SMILES string of the molecule is CCN(CC)S(=O)(=O)c1ccc(C(=O)NC(C)(C)c2cccnc2)cc1. The van der Waals surface area contributed by atoms with Crippen LogP contribution in [0, 0.1) is 0 Å². The largest absolute Gasteiger partial charge is 0.343 e. The van der Waals surface area contributed by atoms with Gasteiger partial charge in [0.25, 0.3) is 5.91 Å². The summed E-state index contributed by atoms with van der Waals surface area (Å²) in [6.07, 6.45) is 3.39. The number of carbonyl (C=O) groups excluding carboxylic acids is 1. The van der Waals surface area contributed by atoms with Crippen LogP contribution in [-0.4, -0.2) is 36.7 Å². The highest BCUT2D eigenvalue weighted by Gasteiger charge is 2.25. The Morgan fingerprint density at radius 1 is 1.12 bits per heavy atom. The zero-order valence-corrected chi connectivity index (χ0v) is 16.4. The van der Waals surface area contributed by atoms with Crippen molar-refractivity contribution in [3.63, 3.8) is 0 Å². The fourth-order valence-electron chi connectivity index (χ4n) is 2.65. The summed E-state index contributed by atoms with van der Waals surface area (Å²) in [4.78, 5) is 16.8. The van der Waals surface area contributed by atoms with E-state index in [1.807, 2.05) is 26.0 Å². The molecule has 2 rings (SSSR count). The Balaban J connectivity index is 2.19. The molecule has 1 aromatic heterocycles. The van der Waals surface area contributed by atoms with Crippen LogP contribution < -0.4 is 5.32 Å². The van der Waals surface area contributed by atoms with Crippen LogP contribution in [0.25, 0.3) is 0 Å². The standard InChI is InChI=1S/C19H25N3O3S/c1-5-22(6-2)26(24,25)17-11-9-15(10-12-17)18(23)21-19(3,4)16-8-7-13-20-14-16/h7-14H,5-6H2,1-4H3,(H,21,23). The molecule has 2 aromatic rings. The molecule has 0 aliphatic heterocycles. The number of hydrogen-bond donors (Lipinski definition) is 1. The number of amides is 1. The van der Waals surface area contributed by atoms with Gasteiger partial charge < -0.3 is 5.32 Å². The predicted octanol–water partition coefficient (Wildman–Crippen LogP) is 2.78. The molecule has 26 heavy (non-hydrogen) atoms. The number of nitrogens with zero attached hydrogens (tertiary/aromatic N) is 2. The molecule has 0 fully saturated rings. The maximum atomic E-state index is 12.5. The number of rotatable bonds is 7. The molecule has 1 amide bonds. The van der Waals surface area contributed by atoms with Gasteiger partial charge in [-0.3, -0.25) is 9.78 Å². The summed E-state index contributed by atoms with van der Waals surface area (Å²) in [6, 6.07) is 9.72. The van der Waals surface area contributed by atoms with Gasteiger partial charge >= 0.3 is 0 Å². The van der Waals surface area contributed by atoms with E-state index in [1.165, 1.54) is 28.6 Å². The second-order valence-corrected chi connectivity index (χ2v) is 8.37. The molecule has 0 unspecified atom stereocenters. The summed E-state index contributed by atoms with van der Waals surface area (Å²) in [5.41, 5.74) is 0.687. The molecule has 7 heteroatoms. The van der Waals surface area contributed by atoms with E-state index < -0.39 is 15.6 Å². The Labute approximate surface area is 155 Å². The van der Waals surface area contributed by atoms with Crippen LogP contribution in [0.4, 0.5) is 0 Å². The van der Waals surface area contributed by atoms with Crippen molar-refractivity contribution in [1.82, 2.24) is 14.6 Å². The lowest BCUT2D eigenvalue weighted by Crippen LogP contribution is -2.41. The lowest BCUT2D eigenvalue weighted by Gasteiger charge is -2.26. The summed E-state index contributed by atoms with van der Waals surface area (Å²) in [6.45, 7) is 8.18. The van der Waals surface area contributed by atoms with E-state index in [0.29, 0.717) is 18.7 Å². The normalized spacial score (nSPS) is 12.2. The smallest absolute Gasteiger partial charge is 0.251 e. The molecule has 6 nitrogen and oxygen atoms in total. The zero-order valence-electron chi connectivity index (χ0n) is 15.6. The Morgan fingerprint density at radius 3 is 2.23 bits per heavy atom. The molecule has 1 N–H and O–H groups in total. The first-order chi connectivity index (χ1) is 12.2. The maximum absolute atomic E-state index is 12.5. The van der Waals surface area contributed by atoms with E-state index >= 15 is 0 Å². The molecule has 1 aromatic carbocycles. The molecule has 0 saturated carbocycles. The molecule has 0 bridgehead atoms. The Morgan fingerprint density at radius 2 is 1.73 bits per heavy atom. The number of aromatic nitrogens is 1. The Kier molecular flexibility index (Phi) is 6.15. The number of pyridine rings is 1. The van der Waals surface area contributed by atoms with Crippen LogP contribution in [0.2, 0.25) is 0 Å². The molecular weight excluding hydrogens is 350 g/mol. The average molecular weight is 375 g/mol. The van der Waals surface area contributed by atoms with Crippen molar-refractivity contribution >= 4 is 15.9 Å². The van der Waals surface area contributed by atoms with Crippen molar-refractivity contribution in [1.29, 1.82) is 0 Å². The topological polar surface area (TPSA) is 79.4 Å². The van der Waals surface area contributed by atoms with Crippen LogP contribution in [-0.2, 0) is 15.6 Å². The van der Waals surface area contributed by atoms with Gasteiger partial charge in [0.05, 0.1) is 10.4 Å². The molecule has 1 heterocycles. The van der Waals surface area contributed by atoms with E-state index in [-0.39, 0.29) is 10.8 Å². The van der Waals surface area contributed by atoms with Crippen molar-refractivity contribution < 1.29 is 13.2 Å². The first-order valence-electron chi connectivity index (χ1n) is 8.55. The van der Waals surface area contributed by atoms with Crippen molar-refractivity contribution in [2.75, 3.05) is 13.1 Å². The number of carbonyl (C=O) groups is 1. The molecular formula is C19H25N3O3S. The number of hydrogen-bond acceptors (Lipinski definition) is 4. The second-order valence-electron chi connectivity index (χ2n) is 6.43. The van der Waals surface area contributed by atoms with Gasteiger partial charge in [-0.15, -0.1) is 0 Å². The molecule has 0 aliphatic carbocycles. The third-order valence-corrected chi connectivity index (χ3v) is 6.33. The maximum Gasteiger partial charge on any atom is 0.251 e. The molecule has 140 valence electrons. The van der Waals surface area contributed by atoms with E-state index in [4.69, 9.17) is 0 Å². The van der Waals surface area contributed by atoms with Gasteiger partial charge in [-0.2, -0.15) is 4.31 Å². The summed E-state index contributed by atoms with van der Waals surface area (Å²) < 4.78 is 26.4. The molecule has 0 aliphatic rings. The number of benzene rings is 1. The van der Waals surface area contributed by atoms with Gasteiger partial charge in [0.2, 0.25) is 10.0 Å². The van der Waals surface area contributed by atoms with E-state index in [0.717, 1.165) is 5.56 Å². The highest BCUT2D eigenvalue weighted by atomic mass is 32.2. The first-order valence-corrected chi connectivity index (χ1v) is 9.99. The molecule has 0 spiro atoms. The van der Waals surface area contributed by atoms with Gasteiger partial charge in [-0.1, -0.05) is 19.9 Å². The Bertz CT molecular complexity index is 843. The lowest BCUT2D eigenvalue weighted by atomic mass is 9.95. The van der Waals surface area contributed by atoms with Crippen LogP contribution in [0.5, 0.6) is 0 Å². The van der Waals surface area contributed by atoms with Crippen LogP contribution in [0.15, 0.2) is 53.7 Å². The monoisotopic (exact) mass is 375 g/mol. The summed E-state index contributed by atoms with van der Waals surface area (Å²) >= 11 is 0. The number of nitrogens with one attached hydrogen (secondary N) is 1. The predicted molar refractivity (Wildman–Crippen MR) is 101 cm³/mol. The fraction of sp³-hybridized carbons (Fsp3) is 0.368. The molecule has 0 radical (unpaired) electrons. The Hall–Kier alpha value is -2.25. The molecule has 0 saturated heterocycles. The highest BCUT2D eigenvalue weighted by molar-refractivity contribution is 7.89. The number of sulfonamides is 1. The van der Waals surface area contributed by atoms with E-state index in [1.54, 1.807) is 26.2 Å². The van der Waals surface area contributed by atoms with Crippen molar-refractivity contribution in [3.8, 4) is 0 Å². The van der Waals surface area contributed by atoms with Gasteiger partial charge in [0.1, 0.15) is 0 Å². The average Bonchev–Trinajstić information content (AvgIpc) is 2.63. The third-order valence-electron chi connectivity index (χ3n) is 4.27. The quantitative estimate of drug-likeness (QED) is 0.807. The van der Waals surface area contributed by atoms with Crippen molar-refractivity contribution in [3.05, 3.63) is 59.9 Å². The summed E-state index contributed by atoms with van der Waals surface area (Å²) in [5, 5.41) is 2.95. The lowest BCUT2D eigenvalue weighted by molar-refractivity contribution is 0.0912. The highest BCUT2D eigenvalue weighted by Crippen LogP contribution is 2.20. The van der Waals surface area contributed by atoms with E-state index in [2.05, 4.69) is 10.3 Å². The van der Waals surface area contributed by atoms with E-state index in [9.17, 15) is 13.2 Å². The van der Waals surface area contributed by atoms with Crippen LogP contribution >= 0.6 is 0 Å². The molecule has 0 atom stereocenters. The van der Waals surface area contributed by atoms with Gasteiger partial charge in [0, 0.05) is 31.0 Å². The third kappa shape index (κ3) is 4.28. The van der Waals surface area contributed by atoms with Gasteiger partial charge in [-0.05, 0) is 49.7 Å². The van der Waals surface area contributed by atoms with Crippen LogP contribution in [0.1, 0.15) is 43.6 Å². The summed E-state index contributed by atoms with van der Waals surface area (Å²) in [5.74, 6) is -0.273. The summed E-state index contributed by atoms with van der Waals surface area (Å²) in [7, 11) is -3.53. The minimum atomic E-state index is -3.53. The first kappa shape index (κ1) is 20.1. The van der Waals surface area contributed by atoms with Crippen LogP contribution in [0.3, 0.4) is 0 Å². The second kappa shape index (κ2) is 7.97. The van der Waals surface area contributed by atoms with Gasteiger partial charge in [0.15, 0.2) is 0 Å². The van der Waals surface area contributed by atoms with Crippen molar-refractivity contribution in [2.24, 2.45) is 0 Å².